The van der Waals surface area contributed by atoms with Gasteiger partial charge in [0.25, 0.3) is 0 Å². The Balaban J connectivity index is 1.38. The van der Waals surface area contributed by atoms with Crippen LogP contribution in [0.15, 0.2) is 24.3 Å². The Bertz CT molecular complexity index is 538. The van der Waals surface area contributed by atoms with Crippen molar-refractivity contribution in [1.82, 2.24) is 15.1 Å². The zero-order valence-electron chi connectivity index (χ0n) is 14.9. The van der Waals surface area contributed by atoms with Crippen LogP contribution in [0.2, 0.25) is 0 Å². The number of amides is 1. The van der Waals surface area contributed by atoms with E-state index in [0.29, 0.717) is 26.4 Å². The fourth-order valence-electron chi connectivity index (χ4n) is 2.96. The van der Waals surface area contributed by atoms with Crippen molar-refractivity contribution in [1.29, 1.82) is 0 Å². The molecule has 7 heteroatoms. The van der Waals surface area contributed by atoms with Gasteiger partial charge in [0.1, 0.15) is 18.4 Å². The molecule has 138 valence electrons. The van der Waals surface area contributed by atoms with Crippen molar-refractivity contribution < 1.29 is 14.3 Å². The first-order valence-electron chi connectivity index (χ1n) is 8.96. The number of ether oxygens (including phenoxy) is 2. The minimum atomic E-state index is -0.284. The summed E-state index contributed by atoms with van der Waals surface area (Å²) in [6.45, 7) is 7.85. The van der Waals surface area contributed by atoms with E-state index >= 15 is 0 Å². The third kappa shape index (κ3) is 5.67. The van der Waals surface area contributed by atoms with Gasteiger partial charge in [-0.05, 0) is 31.3 Å². The molecule has 1 unspecified atom stereocenters. The van der Waals surface area contributed by atoms with E-state index in [9.17, 15) is 4.79 Å². The average Bonchev–Trinajstić information content (AvgIpc) is 2.65. The lowest BCUT2D eigenvalue weighted by atomic mass is 10.2. The third-order valence-electron chi connectivity index (χ3n) is 4.63. The molecular weight excluding hydrogens is 320 g/mol. The van der Waals surface area contributed by atoms with Crippen LogP contribution in [0.3, 0.4) is 0 Å². The van der Waals surface area contributed by atoms with Crippen molar-refractivity contribution in [2.24, 2.45) is 0 Å². The van der Waals surface area contributed by atoms with E-state index in [0.717, 1.165) is 44.2 Å². The minimum absolute atomic E-state index is 0.0663. The van der Waals surface area contributed by atoms with Crippen LogP contribution in [0.5, 0.6) is 5.75 Å². The molecular formula is C18H28N4O3. The van der Waals surface area contributed by atoms with E-state index in [1.807, 2.05) is 24.3 Å². The summed E-state index contributed by atoms with van der Waals surface area (Å²) in [4.78, 5) is 16.9. The van der Waals surface area contributed by atoms with E-state index in [1.165, 1.54) is 0 Å². The highest BCUT2D eigenvalue weighted by Crippen LogP contribution is 2.16. The normalized spacial score (nSPS) is 22.5. The number of nitrogens with one attached hydrogen (secondary N) is 2. The molecule has 1 amide bonds. The highest BCUT2D eigenvalue weighted by Gasteiger charge is 2.21. The minimum Gasteiger partial charge on any atom is -0.492 e. The number of morpholine rings is 1. The maximum absolute atomic E-state index is 12.1. The molecule has 1 aromatic rings. The Morgan fingerprint density at radius 3 is 2.72 bits per heavy atom. The number of likely N-dealkylation sites (N-methyl/N-ethyl adjacent to an activating group) is 1. The predicted molar refractivity (Wildman–Crippen MR) is 97.1 cm³/mol. The molecule has 1 aromatic carbocycles. The molecule has 2 aliphatic rings. The first-order chi connectivity index (χ1) is 12.2. The average molecular weight is 348 g/mol. The van der Waals surface area contributed by atoms with E-state index in [2.05, 4.69) is 27.5 Å². The number of hydrogen-bond donors (Lipinski definition) is 2. The number of hydrogen-bond acceptors (Lipinski definition) is 6. The number of carbonyl (C=O) groups excluding carboxylic acids is 1. The van der Waals surface area contributed by atoms with Gasteiger partial charge in [0.2, 0.25) is 5.91 Å². The van der Waals surface area contributed by atoms with Gasteiger partial charge in [0, 0.05) is 45.0 Å². The summed E-state index contributed by atoms with van der Waals surface area (Å²) in [6.07, 6.45) is 0. The lowest BCUT2D eigenvalue weighted by Crippen LogP contribution is -2.48. The molecule has 3 rings (SSSR count). The molecule has 2 N–H and O–H groups in total. The second-order valence-corrected chi connectivity index (χ2v) is 6.59. The molecule has 0 bridgehead atoms. The third-order valence-corrected chi connectivity index (χ3v) is 4.63. The second-order valence-electron chi connectivity index (χ2n) is 6.59. The van der Waals surface area contributed by atoms with E-state index in [-0.39, 0.29) is 11.9 Å². The van der Waals surface area contributed by atoms with Crippen LogP contribution in [0, 0.1) is 0 Å². The highest BCUT2D eigenvalue weighted by molar-refractivity contribution is 5.95. The fourth-order valence-corrected chi connectivity index (χ4v) is 2.96. The van der Waals surface area contributed by atoms with Gasteiger partial charge in [-0.1, -0.05) is 0 Å². The van der Waals surface area contributed by atoms with Crippen LogP contribution in [0.4, 0.5) is 5.69 Å². The summed E-state index contributed by atoms with van der Waals surface area (Å²) >= 11 is 0. The van der Waals surface area contributed by atoms with Crippen molar-refractivity contribution in [3.05, 3.63) is 24.3 Å². The van der Waals surface area contributed by atoms with Gasteiger partial charge < -0.3 is 25.0 Å². The number of benzene rings is 1. The fraction of sp³-hybridized carbons (Fsp3) is 0.611. The van der Waals surface area contributed by atoms with Gasteiger partial charge in [-0.15, -0.1) is 0 Å². The van der Waals surface area contributed by atoms with Crippen LogP contribution in [0.1, 0.15) is 0 Å². The Labute approximate surface area is 149 Å². The summed E-state index contributed by atoms with van der Waals surface area (Å²) in [5.41, 5.74) is 0.767. The van der Waals surface area contributed by atoms with Gasteiger partial charge in [0.05, 0.1) is 13.2 Å². The summed E-state index contributed by atoms with van der Waals surface area (Å²) in [5, 5.41) is 6.04. The van der Waals surface area contributed by atoms with Crippen LogP contribution in [-0.2, 0) is 9.53 Å². The van der Waals surface area contributed by atoms with Crippen molar-refractivity contribution in [2.75, 3.05) is 71.5 Å². The molecule has 2 aliphatic heterocycles. The van der Waals surface area contributed by atoms with E-state index in [4.69, 9.17) is 9.47 Å². The SMILES string of the molecule is CN1CCN(CCOc2ccc(NC(=O)C3COCCN3)cc2)CC1. The van der Waals surface area contributed by atoms with Crippen LogP contribution in [-0.4, -0.2) is 87.9 Å². The topological polar surface area (TPSA) is 66.1 Å². The van der Waals surface area contributed by atoms with Gasteiger partial charge in [0.15, 0.2) is 0 Å². The lowest BCUT2D eigenvalue weighted by Gasteiger charge is -2.32. The molecule has 0 radical (unpaired) electrons. The molecule has 7 nitrogen and oxygen atoms in total. The largest absolute Gasteiger partial charge is 0.492 e. The molecule has 2 heterocycles. The van der Waals surface area contributed by atoms with E-state index in [1.54, 1.807) is 0 Å². The van der Waals surface area contributed by atoms with Crippen molar-refractivity contribution >= 4 is 11.6 Å². The number of rotatable bonds is 6. The van der Waals surface area contributed by atoms with Crippen molar-refractivity contribution in [3.63, 3.8) is 0 Å². The standard InChI is InChI=1S/C18H28N4O3/c1-21-7-9-22(10-8-21)11-13-25-16-4-2-15(3-5-16)20-18(23)17-14-24-12-6-19-17/h2-5,17,19H,6-14H2,1H3,(H,20,23). The Morgan fingerprint density at radius 2 is 2.04 bits per heavy atom. The van der Waals surface area contributed by atoms with Gasteiger partial charge in [-0.3, -0.25) is 9.69 Å². The van der Waals surface area contributed by atoms with Gasteiger partial charge in [-0.25, -0.2) is 0 Å². The summed E-state index contributed by atoms with van der Waals surface area (Å²) in [7, 11) is 2.16. The quantitative estimate of drug-likeness (QED) is 0.768. The van der Waals surface area contributed by atoms with Gasteiger partial charge in [-0.2, -0.15) is 0 Å². The molecule has 0 aromatic heterocycles. The zero-order chi connectivity index (χ0) is 17.5. The van der Waals surface area contributed by atoms with Crippen LogP contribution in [0.25, 0.3) is 0 Å². The number of nitrogens with zero attached hydrogens (tertiary/aromatic N) is 2. The Kier molecular flexibility index (Phi) is 6.63. The number of piperazine rings is 1. The smallest absolute Gasteiger partial charge is 0.243 e. The van der Waals surface area contributed by atoms with Gasteiger partial charge >= 0.3 is 0 Å². The number of anilines is 1. The molecule has 2 saturated heterocycles. The lowest BCUT2D eigenvalue weighted by molar-refractivity contribution is -0.120. The molecule has 0 spiro atoms. The predicted octanol–water partition coefficient (Wildman–Crippen LogP) is 0.240. The molecule has 1 atom stereocenters. The molecule has 0 aliphatic carbocycles. The second kappa shape index (κ2) is 9.15. The monoisotopic (exact) mass is 348 g/mol. The van der Waals surface area contributed by atoms with Crippen LogP contribution >= 0.6 is 0 Å². The molecule has 2 fully saturated rings. The van der Waals surface area contributed by atoms with Crippen molar-refractivity contribution in [2.45, 2.75) is 6.04 Å². The van der Waals surface area contributed by atoms with Crippen molar-refractivity contribution in [3.8, 4) is 5.75 Å². The maximum atomic E-state index is 12.1. The Hall–Kier alpha value is -1.67. The Morgan fingerprint density at radius 1 is 1.28 bits per heavy atom. The first-order valence-corrected chi connectivity index (χ1v) is 8.96. The highest BCUT2D eigenvalue weighted by atomic mass is 16.5. The first kappa shape index (κ1) is 18.1. The zero-order valence-corrected chi connectivity index (χ0v) is 14.9. The molecule has 25 heavy (non-hydrogen) atoms. The van der Waals surface area contributed by atoms with E-state index < -0.39 is 0 Å². The number of carbonyl (C=O) groups is 1. The summed E-state index contributed by atoms with van der Waals surface area (Å²) in [6, 6.07) is 7.24. The summed E-state index contributed by atoms with van der Waals surface area (Å²) < 4.78 is 11.1. The maximum Gasteiger partial charge on any atom is 0.243 e. The molecule has 0 saturated carbocycles. The van der Waals surface area contributed by atoms with Crippen LogP contribution < -0.4 is 15.4 Å². The summed E-state index contributed by atoms with van der Waals surface area (Å²) in [5.74, 6) is 0.759.